The Hall–Kier alpha value is -9.07. The molecule has 3 aromatic heterocycles. The van der Waals surface area contributed by atoms with Gasteiger partial charge in [-0.2, -0.15) is 0 Å². The second kappa shape index (κ2) is 18.0. The lowest BCUT2D eigenvalue weighted by atomic mass is 9.88. The Morgan fingerprint density at radius 3 is 1.12 bits per heavy atom. The molecule has 0 aliphatic carbocycles. The summed E-state index contributed by atoms with van der Waals surface area (Å²) >= 11 is 0. The van der Waals surface area contributed by atoms with Crippen LogP contribution >= 0.6 is 0 Å². The highest BCUT2D eigenvalue weighted by Gasteiger charge is 2.20. The summed E-state index contributed by atoms with van der Waals surface area (Å²) in [6.45, 7) is 0. The van der Waals surface area contributed by atoms with E-state index in [4.69, 9.17) is 29.9 Å². The first kappa shape index (κ1) is 39.8. The molecule has 8 aromatic carbocycles. The van der Waals surface area contributed by atoms with E-state index in [1.54, 1.807) is 6.20 Å². The zero-order valence-corrected chi connectivity index (χ0v) is 35.6. The zero-order chi connectivity index (χ0) is 44.1. The fourth-order valence-corrected chi connectivity index (χ4v) is 8.22. The van der Waals surface area contributed by atoms with Crippen LogP contribution in [-0.4, -0.2) is 34.9 Å². The molecular weight excluding hydrogens is 807 g/mol. The minimum atomic E-state index is 0.576. The highest BCUT2D eigenvalue weighted by atomic mass is 15.0. The van der Waals surface area contributed by atoms with Crippen molar-refractivity contribution in [3.63, 3.8) is 0 Å². The summed E-state index contributed by atoms with van der Waals surface area (Å²) in [6, 6.07) is 76.4. The SMILES string of the molecule is c1ccc(-c2cccc(-c3nc(-c4ccccc4)nc(-c4cccc(-c5ccc(-c6cccnc6)cc5-c5ccccc5-c5nc(-c6ccccc6)nc(-c6ccccc6)n5)c4)n3)c2)cc1. The average Bonchev–Trinajstić information content (AvgIpc) is 3.42. The van der Waals surface area contributed by atoms with Crippen LogP contribution in [0.2, 0.25) is 0 Å². The van der Waals surface area contributed by atoms with Crippen molar-refractivity contribution >= 4 is 0 Å². The Morgan fingerprint density at radius 1 is 0.197 bits per heavy atom. The van der Waals surface area contributed by atoms with Crippen LogP contribution in [0.1, 0.15) is 0 Å². The average molecular weight is 846 g/mol. The van der Waals surface area contributed by atoms with Crippen LogP contribution < -0.4 is 0 Å². The lowest BCUT2D eigenvalue weighted by molar-refractivity contribution is 1.07. The van der Waals surface area contributed by atoms with E-state index in [0.717, 1.165) is 77.9 Å². The van der Waals surface area contributed by atoms with Crippen LogP contribution in [0.15, 0.2) is 237 Å². The second-order valence-electron chi connectivity index (χ2n) is 15.8. The van der Waals surface area contributed by atoms with Crippen LogP contribution in [-0.2, 0) is 0 Å². The molecule has 0 fully saturated rings. The van der Waals surface area contributed by atoms with E-state index in [0.29, 0.717) is 34.9 Å². The summed E-state index contributed by atoms with van der Waals surface area (Å²) in [6.07, 6.45) is 3.69. The molecule has 0 aliphatic heterocycles. The molecule has 7 nitrogen and oxygen atoms in total. The van der Waals surface area contributed by atoms with Crippen LogP contribution in [0.25, 0.3) is 113 Å². The summed E-state index contributed by atoms with van der Waals surface area (Å²) in [4.78, 5) is 35.1. The molecule has 3 heterocycles. The molecule has 310 valence electrons. The maximum absolute atomic E-state index is 5.17. The highest BCUT2D eigenvalue weighted by Crippen LogP contribution is 2.41. The monoisotopic (exact) mass is 845 g/mol. The van der Waals surface area contributed by atoms with E-state index in [2.05, 4.69) is 120 Å². The molecule has 0 saturated heterocycles. The van der Waals surface area contributed by atoms with Crippen molar-refractivity contribution in [1.82, 2.24) is 34.9 Å². The topological polar surface area (TPSA) is 90.2 Å². The Labute approximate surface area is 383 Å². The normalized spacial score (nSPS) is 11.0. The van der Waals surface area contributed by atoms with Gasteiger partial charge in [0.15, 0.2) is 34.9 Å². The molecule has 0 radical (unpaired) electrons. The number of hydrogen-bond acceptors (Lipinski definition) is 7. The van der Waals surface area contributed by atoms with Crippen molar-refractivity contribution in [2.24, 2.45) is 0 Å². The van der Waals surface area contributed by atoms with Gasteiger partial charge in [-0.3, -0.25) is 4.98 Å². The van der Waals surface area contributed by atoms with Crippen molar-refractivity contribution in [1.29, 1.82) is 0 Å². The Kier molecular flexibility index (Phi) is 10.8. The lowest BCUT2D eigenvalue weighted by Gasteiger charge is -2.17. The first-order valence-electron chi connectivity index (χ1n) is 21.8. The molecule has 11 rings (SSSR count). The van der Waals surface area contributed by atoms with Crippen LogP contribution in [0.5, 0.6) is 0 Å². The highest BCUT2D eigenvalue weighted by molar-refractivity contribution is 5.93. The van der Waals surface area contributed by atoms with Crippen molar-refractivity contribution in [2.45, 2.75) is 0 Å². The van der Waals surface area contributed by atoms with Gasteiger partial charge in [0.25, 0.3) is 0 Å². The number of rotatable bonds is 10. The Bertz CT molecular complexity index is 3400. The molecule has 66 heavy (non-hydrogen) atoms. The van der Waals surface area contributed by atoms with Gasteiger partial charge in [0.05, 0.1) is 0 Å². The van der Waals surface area contributed by atoms with E-state index in [1.165, 1.54) is 0 Å². The summed E-state index contributed by atoms with van der Waals surface area (Å²) < 4.78 is 0. The number of hydrogen-bond donors (Lipinski definition) is 0. The maximum Gasteiger partial charge on any atom is 0.164 e. The van der Waals surface area contributed by atoms with E-state index in [-0.39, 0.29) is 0 Å². The summed E-state index contributed by atoms with van der Waals surface area (Å²) in [5.74, 6) is 3.55. The van der Waals surface area contributed by atoms with Crippen molar-refractivity contribution in [3.05, 3.63) is 237 Å². The van der Waals surface area contributed by atoms with Crippen LogP contribution in [0.3, 0.4) is 0 Å². The molecule has 0 N–H and O–H groups in total. The van der Waals surface area contributed by atoms with Gasteiger partial charge in [-0.25, -0.2) is 29.9 Å². The van der Waals surface area contributed by atoms with Gasteiger partial charge in [0, 0.05) is 51.3 Å². The molecule has 0 bridgehead atoms. The van der Waals surface area contributed by atoms with E-state index in [1.807, 2.05) is 115 Å². The minimum absolute atomic E-state index is 0.576. The van der Waals surface area contributed by atoms with Gasteiger partial charge in [0.2, 0.25) is 0 Å². The molecule has 0 saturated carbocycles. The molecule has 7 heteroatoms. The van der Waals surface area contributed by atoms with E-state index in [9.17, 15) is 0 Å². The number of nitrogens with zero attached hydrogens (tertiary/aromatic N) is 7. The third kappa shape index (κ3) is 8.28. The lowest BCUT2D eigenvalue weighted by Crippen LogP contribution is -2.01. The molecule has 0 atom stereocenters. The van der Waals surface area contributed by atoms with Crippen molar-refractivity contribution in [3.8, 4) is 113 Å². The third-order valence-corrected chi connectivity index (χ3v) is 11.5. The first-order valence-corrected chi connectivity index (χ1v) is 21.8. The first-order chi connectivity index (χ1) is 32.7. The molecule has 0 amide bonds. The Morgan fingerprint density at radius 2 is 0.591 bits per heavy atom. The maximum atomic E-state index is 5.17. The van der Waals surface area contributed by atoms with Crippen LogP contribution in [0, 0.1) is 0 Å². The fourth-order valence-electron chi connectivity index (χ4n) is 8.22. The van der Waals surface area contributed by atoms with Crippen molar-refractivity contribution < 1.29 is 0 Å². The van der Waals surface area contributed by atoms with E-state index >= 15 is 0 Å². The summed E-state index contributed by atoms with van der Waals surface area (Å²) in [7, 11) is 0. The number of aromatic nitrogens is 7. The molecule has 0 unspecified atom stereocenters. The van der Waals surface area contributed by atoms with Gasteiger partial charge in [0.1, 0.15) is 0 Å². The third-order valence-electron chi connectivity index (χ3n) is 11.5. The summed E-state index contributed by atoms with van der Waals surface area (Å²) in [5, 5.41) is 0. The molecule has 0 aliphatic rings. The van der Waals surface area contributed by atoms with Crippen molar-refractivity contribution in [2.75, 3.05) is 0 Å². The quantitative estimate of drug-likeness (QED) is 0.135. The number of pyridine rings is 1. The predicted molar refractivity (Wildman–Crippen MR) is 265 cm³/mol. The minimum Gasteiger partial charge on any atom is -0.264 e. The van der Waals surface area contributed by atoms with Gasteiger partial charge < -0.3 is 0 Å². The van der Waals surface area contributed by atoms with Gasteiger partial charge in [-0.05, 0) is 63.2 Å². The standard InChI is InChI=1S/C59H39N7/c1-5-18-40(19-6-1)44-26-15-28-47(36-44)57-62-54(41-20-7-2-8-21-41)63-58(64-57)48-29-16-27-46(37-48)50-34-33-45(49-30-17-35-60-39-49)38-53(50)51-31-13-14-32-52(51)59-65-55(42-22-9-3-10-23-42)61-56(66-59)43-24-11-4-12-25-43/h1-39H. The van der Waals surface area contributed by atoms with Gasteiger partial charge in [-0.15, -0.1) is 0 Å². The largest absolute Gasteiger partial charge is 0.264 e. The van der Waals surface area contributed by atoms with Gasteiger partial charge in [-0.1, -0.05) is 200 Å². The molecule has 0 spiro atoms. The smallest absolute Gasteiger partial charge is 0.164 e. The van der Waals surface area contributed by atoms with E-state index < -0.39 is 0 Å². The van der Waals surface area contributed by atoms with Gasteiger partial charge >= 0.3 is 0 Å². The Balaban J connectivity index is 1.08. The predicted octanol–water partition coefficient (Wildman–Crippen LogP) is 14.1. The molecule has 11 aromatic rings. The molecular formula is C59H39N7. The number of benzene rings is 8. The summed E-state index contributed by atoms with van der Waals surface area (Å²) in [5.41, 5.74) is 13.6. The fraction of sp³-hybridized carbons (Fsp3) is 0. The second-order valence-corrected chi connectivity index (χ2v) is 15.8. The van der Waals surface area contributed by atoms with Crippen LogP contribution in [0.4, 0.5) is 0 Å². The zero-order valence-electron chi connectivity index (χ0n) is 35.6.